The van der Waals surface area contributed by atoms with Crippen LogP contribution >= 0.6 is 0 Å². The zero-order valence-electron chi connectivity index (χ0n) is 11.9. The van der Waals surface area contributed by atoms with E-state index in [0.717, 1.165) is 25.9 Å². The third kappa shape index (κ3) is 2.44. The average molecular weight is 290 g/mol. The smallest absolute Gasteiger partial charge is 0.322 e. The molecule has 2 aliphatic heterocycles. The van der Waals surface area contributed by atoms with E-state index in [4.69, 9.17) is 0 Å². The molecule has 0 aliphatic carbocycles. The average Bonchev–Trinajstić information content (AvgIpc) is 2.47. The van der Waals surface area contributed by atoms with Crippen LogP contribution in [0.4, 0.5) is 16.2 Å². The topological polar surface area (TPSA) is 78.7 Å². The molecular weight excluding hydrogens is 272 g/mol. The fourth-order valence-corrected chi connectivity index (χ4v) is 3.11. The molecule has 1 aromatic rings. The molecule has 0 radical (unpaired) electrons. The van der Waals surface area contributed by atoms with Gasteiger partial charge in [0, 0.05) is 12.1 Å². The van der Waals surface area contributed by atoms with Crippen LogP contribution in [0.5, 0.6) is 0 Å². The molecule has 0 spiro atoms. The number of rotatable bonds is 2. The van der Waals surface area contributed by atoms with Gasteiger partial charge < -0.3 is 10.2 Å². The SMILES string of the molecule is CN1CCC(N2C(=O)NCc3c2cccc3[N+](=O)[O-])CC1. The summed E-state index contributed by atoms with van der Waals surface area (Å²) in [7, 11) is 2.06. The quantitative estimate of drug-likeness (QED) is 0.664. The lowest BCUT2D eigenvalue weighted by molar-refractivity contribution is -0.385. The highest BCUT2D eigenvalue weighted by Gasteiger charge is 2.34. The Kier molecular flexibility index (Phi) is 3.50. The summed E-state index contributed by atoms with van der Waals surface area (Å²) in [6.45, 7) is 2.08. The Morgan fingerprint density at radius 2 is 2.05 bits per heavy atom. The second kappa shape index (κ2) is 5.33. The van der Waals surface area contributed by atoms with Gasteiger partial charge in [-0.2, -0.15) is 0 Å². The van der Waals surface area contributed by atoms with E-state index >= 15 is 0 Å². The molecule has 1 fully saturated rings. The number of hydrogen-bond acceptors (Lipinski definition) is 4. The number of amides is 2. The Morgan fingerprint density at radius 3 is 2.71 bits per heavy atom. The van der Waals surface area contributed by atoms with Gasteiger partial charge in [-0.15, -0.1) is 0 Å². The van der Waals surface area contributed by atoms with Crippen molar-refractivity contribution in [2.24, 2.45) is 0 Å². The van der Waals surface area contributed by atoms with Gasteiger partial charge in [0.2, 0.25) is 0 Å². The van der Waals surface area contributed by atoms with Crippen LogP contribution in [0.3, 0.4) is 0 Å². The van der Waals surface area contributed by atoms with E-state index in [0.29, 0.717) is 11.3 Å². The molecule has 1 aromatic carbocycles. The highest BCUT2D eigenvalue weighted by Crippen LogP contribution is 2.34. The van der Waals surface area contributed by atoms with Crippen LogP contribution in [-0.2, 0) is 6.54 Å². The maximum Gasteiger partial charge on any atom is 0.322 e. The highest BCUT2D eigenvalue weighted by molar-refractivity contribution is 5.96. The molecule has 1 saturated heterocycles. The molecule has 2 amide bonds. The van der Waals surface area contributed by atoms with E-state index in [1.165, 1.54) is 6.07 Å². The van der Waals surface area contributed by atoms with Gasteiger partial charge in [0.1, 0.15) is 0 Å². The number of nitrogens with zero attached hydrogens (tertiary/aromatic N) is 3. The predicted octanol–water partition coefficient (Wildman–Crippen LogP) is 1.72. The minimum atomic E-state index is -0.386. The van der Waals surface area contributed by atoms with Gasteiger partial charge in [-0.1, -0.05) is 6.07 Å². The molecular formula is C14H18N4O3. The van der Waals surface area contributed by atoms with Gasteiger partial charge >= 0.3 is 6.03 Å². The van der Waals surface area contributed by atoms with Crippen molar-refractivity contribution in [1.29, 1.82) is 0 Å². The molecule has 0 atom stereocenters. The number of benzene rings is 1. The standard InChI is InChI=1S/C14H18N4O3/c1-16-7-5-10(6-8-16)17-12-3-2-4-13(18(20)21)11(12)9-15-14(17)19/h2-4,10H,5-9H2,1H3,(H,15,19). The third-order valence-corrected chi connectivity index (χ3v) is 4.27. The molecule has 0 bridgehead atoms. The monoisotopic (exact) mass is 290 g/mol. The van der Waals surface area contributed by atoms with Crippen molar-refractivity contribution in [3.05, 3.63) is 33.9 Å². The van der Waals surface area contributed by atoms with Crippen LogP contribution in [-0.4, -0.2) is 42.0 Å². The minimum Gasteiger partial charge on any atom is -0.333 e. The minimum absolute atomic E-state index is 0.0745. The maximum atomic E-state index is 12.3. The number of likely N-dealkylation sites (tertiary alicyclic amines) is 1. The summed E-state index contributed by atoms with van der Waals surface area (Å²) in [5, 5.41) is 13.9. The van der Waals surface area contributed by atoms with Crippen LogP contribution in [0.1, 0.15) is 18.4 Å². The van der Waals surface area contributed by atoms with Crippen LogP contribution in [0.15, 0.2) is 18.2 Å². The predicted molar refractivity (Wildman–Crippen MR) is 78.3 cm³/mol. The summed E-state index contributed by atoms with van der Waals surface area (Å²) in [6.07, 6.45) is 1.76. The fraction of sp³-hybridized carbons (Fsp3) is 0.500. The van der Waals surface area contributed by atoms with Crippen LogP contribution in [0.2, 0.25) is 0 Å². The van der Waals surface area contributed by atoms with Crippen molar-refractivity contribution in [2.45, 2.75) is 25.4 Å². The van der Waals surface area contributed by atoms with Gasteiger partial charge in [-0.05, 0) is 39.0 Å². The van der Waals surface area contributed by atoms with Crippen molar-refractivity contribution in [3.8, 4) is 0 Å². The largest absolute Gasteiger partial charge is 0.333 e. The van der Waals surface area contributed by atoms with Gasteiger partial charge in [-0.25, -0.2) is 4.79 Å². The normalized spacial score (nSPS) is 20.0. The zero-order chi connectivity index (χ0) is 15.0. The molecule has 1 N–H and O–H groups in total. The number of carbonyl (C=O) groups excluding carboxylic acids is 1. The lowest BCUT2D eigenvalue weighted by Gasteiger charge is -2.39. The first-order chi connectivity index (χ1) is 10.1. The number of fused-ring (bicyclic) bond motifs is 1. The summed E-state index contributed by atoms with van der Waals surface area (Å²) in [4.78, 5) is 26.9. The van der Waals surface area contributed by atoms with Crippen LogP contribution < -0.4 is 10.2 Å². The Morgan fingerprint density at radius 1 is 1.33 bits per heavy atom. The number of piperidine rings is 1. The van der Waals surface area contributed by atoms with Gasteiger partial charge in [0.15, 0.2) is 0 Å². The number of nitro benzene ring substituents is 1. The van der Waals surface area contributed by atoms with Gasteiger partial charge in [0.25, 0.3) is 5.69 Å². The highest BCUT2D eigenvalue weighted by atomic mass is 16.6. The molecule has 21 heavy (non-hydrogen) atoms. The molecule has 3 rings (SSSR count). The van der Waals surface area contributed by atoms with Crippen LogP contribution in [0, 0.1) is 10.1 Å². The lowest BCUT2D eigenvalue weighted by atomic mass is 9.99. The fourth-order valence-electron chi connectivity index (χ4n) is 3.11. The Labute approximate surface area is 122 Å². The van der Waals surface area contributed by atoms with Gasteiger partial charge in [-0.3, -0.25) is 15.0 Å². The molecule has 112 valence electrons. The van der Waals surface area contributed by atoms with E-state index in [9.17, 15) is 14.9 Å². The maximum absolute atomic E-state index is 12.3. The summed E-state index contributed by atoms with van der Waals surface area (Å²) >= 11 is 0. The first kappa shape index (κ1) is 13.8. The van der Waals surface area contributed by atoms with E-state index in [1.807, 2.05) is 0 Å². The van der Waals surface area contributed by atoms with E-state index in [2.05, 4.69) is 17.3 Å². The lowest BCUT2D eigenvalue weighted by Crippen LogP contribution is -2.53. The number of anilines is 1. The molecule has 2 heterocycles. The van der Waals surface area contributed by atoms with Crippen molar-refractivity contribution in [3.63, 3.8) is 0 Å². The Bertz CT molecular complexity index is 582. The third-order valence-electron chi connectivity index (χ3n) is 4.27. The first-order valence-corrected chi connectivity index (χ1v) is 7.10. The second-order valence-corrected chi connectivity index (χ2v) is 5.60. The second-order valence-electron chi connectivity index (χ2n) is 5.60. The number of carbonyl (C=O) groups is 1. The summed E-state index contributed by atoms with van der Waals surface area (Å²) in [5.74, 6) is 0. The van der Waals surface area contributed by atoms with Crippen molar-refractivity contribution in [2.75, 3.05) is 25.0 Å². The van der Waals surface area contributed by atoms with Crippen LogP contribution in [0.25, 0.3) is 0 Å². The number of nitro groups is 1. The summed E-state index contributed by atoms with van der Waals surface area (Å²) in [6, 6.07) is 4.89. The molecule has 7 heteroatoms. The number of urea groups is 1. The van der Waals surface area contributed by atoms with E-state index in [-0.39, 0.29) is 29.2 Å². The Hall–Kier alpha value is -2.15. The zero-order valence-corrected chi connectivity index (χ0v) is 11.9. The molecule has 7 nitrogen and oxygen atoms in total. The molecule has 0 saturated carbocycles. The Balaban J connectivity index is 1.97. The van der Waals surface area contributed by atoms with Crippen molar-refractivity contribution >= 4 is 17.4 Å². The summed E-state index contributed by atoms with van der Waals surface area (Å²) in [5.41, 5.74) is 1.36. The first-order valence-electron chi connectivity index (χ1n) is 7.10. The van der Waals surface area contributed by atoms with E-state index < -0.39 is 0 Å². The van der Waals surface area contributed by atoms with Gasteiger partial charge in [0.05, 0.1) is 22.7 Å². The molecule has 0 unspecified atom stereocenters. The molecule has 0 aromatic heterocycles. The molecule has 2 aliphatic rings. The van der Waals surface area contributed by atoms with E-state index in [1.54, 1.807) is 17.0 Å². The van der Waals surface area contributed by atoms with Crippen molar-refractivity contribution in [1.82, 2.24) is 10.2 Å². The van der Waals surface area contributed by atoms with Crippen molar-refractivity contribution < 1.29 is 9.72 Å². The number of hydrogen-bond donors (Lipinski definition) is 1. The summed E-state index contributed by atoms with van der Waals surface area (Å²) < 4.78 is 0. The number of nitrogens with one attached hydrogen (secondary N) is 1.